The first-order chi connectivity index (χ1) is 7.36. The molecule has 1 aromatic rings. The molecule has 2 saturated carbocycles. The molecule has 2 aliphatic carbocycles. The highest BCUT2D eigenvalue weighted by molar-refractivity contribution is 5.96. The second-order valence-electron chi connectivity index (χ2n) is 4.40. The zero-order valence-electron chi connectivity index (χ0n) is 8.60. The highest BCUT2D eigenvalue weighted by atomic mass is 16.2. The molecule has 0 spiro atoms. The lowest BCUT2D eigenvalue weighted by Gasteiger charge is -2.21. The van der Waals surface area contributed by atoms with Gasteiger partial charge in [-0.15, -0.1) is 0 Å². The number of rotatable bonds is 3. The number of hydrogen-bond acceptors (Lipinski definition) is 2. The lowest BCUT2D eigenvalue weighted by atomic mass is 10.3. The van der Waals surface area contributed by atoms with E-state index in [1.54, 1.807) is 6.20 Å². The van der Waals surface area contributed by atoms with Gasteiger partial charge in [0.25, 0.3) is 0 Å². The highest BCUT2D eigenvalue weighted by Crippen LogP contribution is 2.37. The first-order valence-corrected chi connectivity index (χ1v) is 5.60. The van der Waals surface area contributed by atoms with Gasteiger partial charge in [0.05, 0.1) is 0 Å². The van der Waals surface area contributed by atoms with Crippen molar-refractivity contribution < 1.29 is 4.79 Å². The fourth-order valence-electron chi connectivity index (χ4n) is 1.84. The van der Waals surface area contributed by atoms with Crippen LogP contribution in [0.5, 0.6) is 0 Å². The Balaban J connectivity index is 1.87. The fraction of sp³-hybridized carbons (Fsp3) is 0.500. The van der Waals surface area contributed by atoms with Gasteiger partial charge < -0.3 is 0 Å². The topological polar surface area (TPSA) is 33.2 Å². The van der Waals surface area contributed by atoms with Crippen LogP contribution in [0.1, 0.15) is 25.7 Å². The Morgan fingerprint density at radius 1 is 1.27 bits per heavy atom. The third-order valence-corrected chi connectivity index (χ3v) is 2.97. The Labute approximate surface area is 89.1 Å². The van der Waals surface area contributed by atoms with Crippen molar-refractivity contribution in [1.82, 2.24) is 4.98 Å². The molecule has 1 aromatic heterocycles. The molecule has 0 saturated heterocycles. The summed E-state index contributed by atoms with van der Waals surface area (Å²) < 4.78 is 0. The summed E-state index contributed by atoms with van der Waals surface area (Å²) in [6.45, 7) is 0. The highest BCUT2D eigenvalue weighted by Gasteiger charge is 2.41. The molecule has 0 aliphatic heterocycles. The van der Waals surface area contributed by atoms with Gasteiger partial charge in [-0.05, 0) is 37.8 Å². The number of carbonyl (C=O) groups excluding carboxylic acids is 1. The van der Waals surface area contributed by atoms with Crippen LogP contribution in [0.4, 0.5) is 5.82 Å². The molecular weight excluding hydrogens is 188 g/mol. The summed E-state index contributed by atoms with van der Waals surface area (Å²) in [5.41, 5.74) is 0. The number of anilines is 1. The van der Waals surface area contributed by atoms with E-state index in [1.165, 1.54) is 0 Å². The van der Waals surface area contributed by atoms with Crippen LogP contribution < -0.4 is 4.90 Å². The molecule has 1 amide bonds. The van der Waals surface area contributed by atoms with Gasteiger partial charge >= 0.3 is 0 Å². The van der Waals surface area contributed by atoms with Gasteiger partial charge in [0, 0.05) is 18.2 Å². The van der Waals surface area contributed by atoms with E-state index in [4.69, 9.17) is 0 Å². The standard InChI is InChI=1S/C12H14N2O/c15-12(9-4-5-9)14(10-6-7-10)11-3-1-2-8-13-11/h1-3,8-10H,4-7H2. The van der Waals surface area contributed by atoms with E-state index in [-0.39, 0.29) is 11.8 Å². The number of pyridine rings is 1. The number of nitrogens with zero attached hydrogens (tertiary/aromatic N) is 2. The van der Waals surface area contributed by atoms with Gasteiger partial charge in [0.2, 0.25) is 5.91 Å². The largest absolute Gasteiger partial charge is 0.293 e. The van der Waals surface area contributed by atoms with Crippen LogP contribution in [0.15, 0.2) is 24.4 Å². The summed E-state index contributed by atoms with van der Waals surface area (Å²) in [6.07, 6.45) is 6.15. The minimum atomic E-state index is 0.285. The molecule has 3 nitrogen and oxygen atoms in total. The Kier molecular flexibility index (Phi) is 1.97. The second kappa shape index (κ2) is 3.33. The first-order valence-electron chi connectivity index (χ1n) is 5.60. The number of aromatic nitrogens is 1. The van der Waals surface area contributed by atoms with E-state index in [2.05, 4.69) is 4.98 Å². The molecule has 0 N–H and O–H groups in total. The van der Waals surface area contributed by atoms with Crippen LogP contribution in [-0.4, -0.2) is 16.9 Å². The van der Waals surface area contributed by atoms with Gasteiger partial charge in [0.1, 0.15) is 5.82 Å². The summed E-state index contributed by atoms with van der Waals surface area (Å²) in [7, 11) is 0. The Bertz CT molecular complexity index is 368. The smallest absolute Gasteiger partial charge is 0.231 e. The quantitative estimate of drug-likeness (QED) is 0.751. The van der Waals surface area contributed by atoms with E-state index in [9.17, 15) is 4.79 Å². The van der Waals surface area contributed by atoms with Crippen LogP contribution >= 0.6 is 0 Å². The predicted molar refractivity (Wildman–Crippen MR) is 57.5 cm³/mol. The lowest BCUT2D eigenvalue weighted by Crippen LogP contribution is -2.34. The first kappa shape index (κ1) is 8.89. The maximum Gasteiger partial charge on any atom is 0.231 e. The molecule has 3 rings (SSSR count). The summed E-state index contributed by atoms with van der Waals surface area (Å²) >= 11 is 0. The van der Waals surface area contributed by atoms with Crippen LogP contribution in [0.3, 0.4) is 0 Å². The van der Waals surface area contributed by atoms with Crippen LogP contribution in [0.2, 0.25) is 0 Å². The van der Waals surface area contributed by atoms with E-state index in [0.717, 1.165) is 31.5 Å². The maximum atomic E-state index is 12.1. The zero-order chi connectivity index (χ0) is 10.3. The summed E-state index contributed by atoms with van der Waals surface area (Å²) in [6, 6.07) is 6.18. The van der Waals surface area contributed by atoms with Crippen LogP contribution in [0.25, 0.3) is 0 Å². The molecule has 78 valence electrons. The predicted octanol–water partition coefficient (Wildman–Crippen LogP) is 1.99. The number of hydrogen-bond donors (Lipinski definition) is 0. The van der Waals surface area contributed by atoms with Gasteiger partial charge in [0.15, 0.2) is 0 Å². The SMILES string of the molecule is O=C(C1CC1)N(c1ccccn1)C1CC1. The second-order valence-corrected chi connectivity index (χ2v) is 4.40. The summed E-state index contributed by atoms with van der Waals surface area (Å²) in [4.78, 5) is 18.3. The van der Waals surface area contributed by atoms with Gasteiger partial charge in [-0.2, -0.15) is 0 Å². The van der Waals surface area contributed by atoms with Gasteiger partial charge in [-0.25, -0.2) is 4.98 Å². The van der Waals surface area contributed by atoms with Crippen molar-refractivity contribution in [3.8, 4) is 0 Å². The average molecular weight is 202 g/mol. The third kappa shape index (κ3) is 1.74. The molecule has 0 aromatic carbocycles. The normalized spacial score (nSPS) is 20.0. The summed E-state index contributed by atoms with van der Waals surface area (Å²) in [5.74, 6) is 1.40. The van der Waals surface area contributed by atoms with Crippen molar-refractivity contribution >= 4 is 11.7 Å². The van der Waals surface area contributed by atoms with Crippen molar-refractivity contribution in [2.45, 2.75) is 31.7 Å². The van der Waals surface area contributed by atoms with E-state index in [1.807, 2.05) is 23.1 Å². The minimum Gasteiger partial charge on any atom is -0.293 e. The number of amides is 1. The van der Waals surface area contributed by atoms with Crippen molar-refractivity contribution in [3.63, 3.8) is 0 Å². The molecule has 0 unspecified atom stereocenters. The Hall–Kier alpha value is -1.38. The maximum absolute atomic E-state index is 12.1. The van der Waals surface area contributed by atoms with Crippen molar-refractivity contribution in [1.29, 1.82) is 0 Å². The third-order valence-electron chi connectivity index (χ3n) is 2.97. The molecule has 15 heavy (non-hydrogen) atoms. The number of carbonyl (C=O) groups is 1. The van der Waals surface area contributed by atoms with E-state index < -0.39 is 0 Å². The molecule has 1 heterocycles. The monoisotopic (exact) mass is 202 g/mol. The molecule has 0 atom stereocenters. The van der Waals surface area contributed by atoms with Crippen LogP contribution in [-0.2, 0) is 4.79 Å². The minimum absolute atomic E-state index is 0.285. The van der Waals surface area contributed by atoms with Crippen molar-refractivity contribution in [3.05, 3.63) is 24.4 Å². The fourth-order valence-corrected chi connectivity index (χ4v) is 1.84. The Morgan fingerprint density at radius 3 is 2.60 bits per heavy atom. The van der Waals surface area contributed by atoms with E-state index in [0.29, 0.717) is 6.04 Å². The van der Waals surface area contributed by atoms with Crippen molar-refractivity contribution in [2.24, 2.45) is 5.92 Å². The zero-order valence-corrected chi connectivity index (χ0v) is 8.60. The molecule has 0 bridgehead atoms. The molecule has 2 aliphatic rings. The van der Waals surface area contributed by atoms with Gasteiger partial charge in [-0.1, -0.05) is 6.07 Å². The average Bonchev–Trinajstić information content (AvgIpc) is 3.13. The van der Waals surface area contributed by atoms with Gasteiger partial charge in [-0.3, -0.25) is 9.69 Å². The molecule has 0 radical (unpaired) electrons. The van der Waals surface area contributed by atoms with Crippen LogP contribution in [0, 0.1) is 5.92 Å². The molecular formula is C12H14N2O. The Morgan fingerprint density at radius 2 is 2.07 bits per heavy atom. The lowest BCUT2D eigenvalue weighted by molar-refractivity contribution is -0.119. The molecule has 3 heteroatoms. The van der Waals surface area contributed by atoms with Crippen molar-refractivity contribution in [2.75, 3.05) is 4.90 Å². The van der Waals surface area contributed by atoms with E-state index >= 15 is 0 Å². The summed E-state index contributed by atoms with van der Waals surface area (Å²) in [5, 5.41) is 0. The molecule has 2 fully saturated rings.